The summed E-state index contributed by atoms with van der Waals surface area (Å²) in [7, 11) is 0. The topological polar surface area (TPSA) is 65.6 Å². The van der Waals surface area contributed by atoms with E-state index in [1.807, 2.05) is 18.2 Å². The molecular formula is C13H11AsO3. The molecule has 0 spiro atoms. The van der Waals surface area contributed by atoms with E-state index >= 15 is 0 Å². The Morgan fingerprint density at radius 1 is 0.824 bits per heavy atom. The minimum absolute atomic E-state index is 0. The fourth-order valence-corrected chi connectivity index (χ4v) is 2.00. The van der Waals surface area contributed by atoms with Gasteiger partial charge in [0.1, 0.15) is 0 Å². The van der Waals surface area contributed by atoms with Crippen LogP contribution in [0, 0.1) is 0 Å². The Morgan fingerprint density at radius 3 is 1.88 bits per heavy atom. The van der Waals surface area contributed by atoms with Crippen LogP contribution in [0.3, 0.4) is 0 Å². The van der Waals surface area contributed by atoms with Crippen LogP contribution < -0.4 is 4.35 Å². The van der Waals surface area contributed by atoms with Gasteiger partial charge in [-0.3, -0.25) is 0 Å². The molecule has 0 amide bonds. The van der Waals surface area contributed by atoms with Gasteiger partial charge in [0.15, 0.2) is 0 Å². The zero-order valence-electron chi connectivity index (χ0n) is 8.96. The zero-order valence-corrected chi connectivity index (χ0v) is 10.8. The van der Waals surface area contributed by atoms with Gasteiger partial charge in [-0.1, -0.05) is 0 Å². The summed E-state index contributed by atoms with van der Waals surface area (Å²) >= 11 is -1.01. The van der Waals surface area contributed by atoms with Gasteiger partial charge in [-0.15, -0.1) is 0 Å². The summed E-state index contributed by atoms with van der Waals surface area (Å²) in [6.45, 7) is 0. The van der Waals surface area contributed by atoms with E-state index in [0.29, 0.717) is 11.1 Å². The van der Waals surface area contributed by atoms with Crippen molar-refractivity contribution in [2.75, 3.05) is 0 Å². The molecule has 0 fully saturated rings. The third-order valence-corrected chi connectivity index (χ3v) is 3.34. The van der Waals surface area contributed by atoms with E-state index in [0.717, 1.165) is 4.35 Å². The van der Waals surface area contributed by atoms with E-state index in [2.05, 4.69) is 0 Å². The molecule has 0 aliphatic carbocycles. The molecule has 2 N–H and O–H groups in total. The molecule has 86 valence electrons. The second kappa shape index (κ2) is 6.23. The van der Waals surface area contributed by atoms with Crippen LogP contribution in [-0.4, -0.2) is 27.0 Å². The van der Waals surface area contributed by atoms with E-state index in [-0.39, 0.29) is 11.3 Å². The zero-order chi connectivity index (χ0) is 11.4. The molecule has 2 aromatic carbocycles. The Labute approximate surface area is 106 Å². The molecule has 0 saturated carbocycles. The predicted octanol–water partition coefficient (Wildman–Crippen LogP) is 0.768. The van der Waals surface area contributed by atoms with Gasteiger partial charge in [0, 0.05) is 0 Å². The molecule has 3 nitrogen and oxygen atoms in total. The normalized spacial score (nSPS) is 9.65. The van der Waals surface area contributed by atoms with Crippen molar-refractivity contribution in [2.24, 2.45) is 0 Å². The number of carbonyl (C=O) groups excluding carboxylic acids is 1. The van der Waals surface area contributed by atoms with Gasteiger partial charge in [-0.2, -0.15) is 0 Å². The first-order chi connectivity index (χ1) is 7.81. The van der Waals surface area contributed by atoms with Crippen molar-refractivity contribution in [2.45, 2.75) is 0 Å². The molecule has 0 atom stereocenters. The van der Waals surface area contributed by atoms with E-state index in [1.165, 1.54) is 0 Å². The summed E-state index contributed by atoms with van der Waals surface area (Å²) in [5.74, 6) is -0.00528. The third-order valence-electron chi connectivity index (χ3n) is 2.27. The summed E-state index contributed by atoms with van der Waals surface area (Å²) in [6.07, 6.45) is 0. The van der Waals surface area contributed by atoms with Gasteiger partial charge >= 0.3 is 100 Å². The van der Waals surface area contributed by atoms with Gasteiger partial charge in [0.25, 0.3) is 0 Å². The number of carbonyl (C=O) groups is 1. The maximum atomic E-state index is 12.0. The van der Waals surface area contributed by atoms with Crippen molar-refractivity contribution in [1.82, 2.24) is 0 Å². The van der Waals surface area contributed by atoms with E-state index in [9.17, 15) is 8.53 Å². The number of ketones is 1. The van der Waals surface area contributed by atoms with Crippen molar-refractivity contribution in [3.63, 3.8) is 0 Å². The first kappa shape index (κ1) is 13.5. The molecule has 0 aliphatic rings. The molecule has 0 saturated heterocycles. The fraction of sp³-hybridized carbons (Fsp3) is 0. The summed E-state index contributed by atoms with van der Waals surface area (Å²) in [5, 5.41) is 0. The Kier molecular flexibility index (Phi) is 4.95. The maximum absolute atomic E-state index is 12.0. The number of hydrogen-bond acceptors (Lipinski definition) is 2. The third kappa shape index (κ3) is 3.19. The van der Waals surface area contributed by atoms with Crippen molar-refractivity contribution < 1.29 is 14.0 Å². The number of benzene rings is 2. The van der Waals surface area contributed by atoms with Gasteiger partial charge in [-0.25, -0.2) is 0 Å². The summed E-state index contributed by atoms with van der Waals surface area (Å²) in [6, 6.07) is 16.0. The Balaban J connectivity index is 0.00000144. The summed E-state index contributed by atoms with van der Waals surface area (Å²) < 4.78 is 11.5. The van der Waals surface area contributed by atoms with Crippen LogP contribution in [0.4, 0.5) is 0 Å². The van der Waals surface area contributed by atoms with Crippen LogP contribution in [0.15, 0.2) is 54.6 Å². The number of hydrogen-bond donors (Lipinski definition) is 0. The van der Waals surface area contributed by atoms with Crippen LogP contribution in [0.2, 0.25) is 0 Å². The molecule has 2 rings (SSSR count). The fourth-order valence-electron chi connectivity index (χ4n) is 1.43. The Morgan fingerprint density at radius 2 is 1.35 bits per heavy atom. The predicted molar refractivity (Wildman–Crippen MR) is 66.0 cm³/mol. The molecule has 0 aromatic heterocycles. The molecule has 0 unspecified atom stereocenters. The summed E-state index contributed by atoms with van der Waals surface area (Å²) in [4.78, 5) is 12.0. The Hall–Kier alpha value is -1.57. The van der Waals surface area contributed by atoms with E-state index < -0.39 is 15.7 Å². The number of rotatable bonds is 3. The second-order valence-corrected chi connectivity index (χ2v) is 4.80. The van der Waals surface area contributed by atoms with Gasteiger partial charge < -0.3 is 5.48 Å². The van der Waals surface area contributed by atoms with Crippen LogP contribution >= 0.6 is 0 Å². The first-order valence-corrected chi connectivity index (χ1v) is 6.55. The monoisotopic (exact) mass is 290 g/mol. The molecule has 4 heteroatoms. The SMILES string of the molecule is O.O=[As]c1ccc(C(=O)c2ccccc2)cc1. The van der Waals surface area contributed by atoms with E-state index in [1.54, 1.807) is 36.4 Å². The Bertz CT molecular complexity index is 506. The molecule has 0 heterocycles. The average Bonchev–Trinajstić information content (AvgIpc) is 2.39. The quantitative estimate of drug-likeness (QED) is 0.619. The van der Waals surface area contributed by atoms with Gasteiger partial charge in [0.2, 0.25) is 0 Å². The summed E-state index contributed by atoms with van der Waals surface area (Å²) in [5.41, 5.74) is 1.30. The van der Waals surface area contributed by atoms with E-state index in [4.69, 9.17) is 0 Å². The van der Waals surface area contributed by atoms with Crippen LogP contribution in [-0.2, 0) is 3.74 Å². The first-order valence-electron chi connectivity index (χ1n) is 4.84. The van der Waals surface area contributed by atoms with Crippen molar-refractivity contribution >= 4 is 25.8 Å². The second-order valence-electron chi connectivity index (χ2n) is 3.33. The molecule has 17 heavy (non-hydrogen) atoms. The van der Waals surface area contributed by atoms with Gasteiger partial charge in [0.05, 0.1) is 0 Å². The standard InChI is InChI=1S/C13H9AsO2.H2O/c15-13(10-4-2-1-3-5-10)11-6-8-12(14-16)9-7-11;/h1-9H;1H2. The molecule has 0 aliphatic heterocycles. The van der Waals surface area contributed by atoms with Crippen LogP contribution in [0.5, 0.6) is 0 Å². The molecule has 0 radical (unpaired) electrons. The van der Waals surface area contributed by atoms with Crippen LogP contribution in [0.1, 0.15) is 15.9 Å². The van der Waals surface area contributed by atoms with Crippen molar-refractivity contribution in [1.29, 1.82) is 0 Å². The van der Waals surface area contributed by atoms with Crippen LogP contribution in [0.25, 0.3) is 0 Å². The molecular weight excluding hydrogens is 279 g/mol. The van der Waals surface area contributed by atoms with Crippen molar-refractivity contribution in [3.05, 3.63) is 65.7 Å². The minimum atomic E-state index is -1.01. The van der Waals surface area contributed by atoms with Gasteiger partial charge in [-0.05, 0) is 0 Å². The average molecular weight is 290 g/mol. The molecule has 2 aromatic rings. The van der Waals surface area contributed by atoms with Crippen molar-refractivity contribution in [3.8, 4) is 0 Å². The molecule has 0 bridgehead atoms.